The number of rotatable bonds is 10. The fourth-order valence-corrected chi connectivity index (χ4v) is 4.84. The first-order chi connectivity index (χ1) is 16.2. The van der Waals surface area contributed by atoms with Gasteiger partial charge >= 0.3 is 10.2 Å². The molecule has 0 aliphatic carbocycles. The summed E-state index contributed by atoms with van der Waals surface area (Å²) in [4.78, 5) is 28.0. The molecule has 0 saturated carbocycles. The van der Waals surface area contributed by atoms with E-state index in [1.54, 1.807) is 19.9 Å². The molecule has 1 N–H and O–H groups in total. The maximum atomic E-state index is 13.7. The Hall–Kier alpha value is -2.43. The number of amides is 2. The maximum Gasteiger partial charge on any atom is 0.304 e. The molecule has 0 bridgehead atoms. The van der Waals surface area contributed by atoms with Crippen LogP contribution in [-0.4, -0.2) is 62.2 Å². The summed E-state index contributed by atoms with van der Waals surface area (Å²) in [6, 6.07) is 12.0. The average Bonchev–Trinajstić information content (AvgIpc) is 2.77. The third kappa shape index (κ3) is 7.52. The number of nitrogens with one attached hydrogen (secondary N) is 1. The van der Waals surface area contributed by atoms with Gasteiger partial charge in [0.2, 0.25) is 11.8 Å². The highest BCUT2D eigenvalue weighted by atomic mass is 79.9. The molecule has 2 rings (SSSR count). The Labute approximate surface area is 217 Å². The van der Waals surface area contributed by atoms with Crippen molar-refractivity contribution >= 4 is 43.6 Å². The van der Waals surface area contributed by atoms with E-state index in [1.807, 2.05) is 57.2 Å². The van der Waals surface area contributed by atoms with E-state index in [0.717, 1.165) is 29.8 Å². The summed E-state index contributed by atoms with van der Waals surface area (Å²) in [7, 11) is -1.14. The Morgan fingerprint density at radius 1 is 1.00 bits per heavy atom. The molecule has 0 aromatic heterocycles. The molecule has 2 amide bonds. The molecule has 1 atom stereocenters. The van der Waals surface area contributed by atoms with Gasteiger partial charge in [0.1, 0.15) is 12.6 Å². The molecule has 8 nitrogen and oxygen atoms in total. The topological polar surface area (TPSA) is 90.0 Å². The third-order valence-electron chi connectivity index (χ3n) is 5.52. The molecule has 35 heavy (non-hydrogen) atoms. The van der Waals surface area contributed by atoms with Crippen LogP contribution in [0.5, 0.6) is 0 Å². The number of aryl methyl sites for hydroxylation is 2. The summed E-state index contributed by atoms with van der Waals surface area (Å²) in [5.74, 6) is -0.787. The number of anilines is 1. The molecule has 0 unspecified atom stereocenters. The Kier molecular flexibility index (Phi) is 9.88. The first kappa shape index (κ1) is 28.8. The van der Waals surface area contributed by atoms with Crippen LogP contribution >= 0.6 is 15.9 Å². The van der Waals surface area contributed by atoms with Crippen molar-refractivity contribution in [2.45, 2.75) is 53.2 Å². The molecule has 2 aromatic rings. The standard InChI is InChI=1S/C25H35BrN4O4S/c1-17(2)27-25(32)20(5)29(15-21-10-12-22(26)13-11-21)24(31)16-30(35(33,34)28(6)7)23-14-18(3)8-9-19(23)4/h8-14,17,20H,15-16H2,1-7H3,(H,27,32)/t20-/m1/s1. The summed E-state index contributed by atoms with van der Waals surface area (Å²) in [6.45, 7) is 8.72. The van der Waals surface area contributed by atoms with Crippen LogP contribution in [0.4, 0.5) is 5.69 Å². The van der Waals surface area contributed by atoms with E-state index < -0.39 is 28.7 Å². The van der Waals surface area contributed by atoms with Crippen molar-refractivity contribution in [3.63, 3.8) is 0 Å². The Balaban J connectivity index is 2.50. The van der Waals surface area contributed by atoms with E-state index in [1.165, 1.54) is 19.0 Å². The molecule has 0 spiro atoms. The smallest absolute Gasteiger partial charge is 0.304 e. The molecule has 2 aromatic carbocycles. The van der Waals surface area contributed by atoms with Crippen molar-refractivity contribution < 1.29 is 18.0 Å². The fraction of sp³-hybridized carbons (Fsp3) is 0.440. The molecule has 10 heteroatoms. The molecule has 0 aliphatic heterocycles. The normalized spacial score (nSPS) is 12.5. The van der Waals surface area contributed by atoms with E-state index >= 15 is 0 Å². The van der Waals surface area contributed by atoms with Crippen molar-refractivity contribution in [3.8, 4) is 0 Å². The van der Waals surface area contributed by atoms with Crippen molar-refractivity contribution in [2.75, 3.05) is 24.9 Å². The number of hydrogen-bond acceptors (Lipinski definition) is 4. The summed E-state index contributed by atoms with van der Waals surface area (Å²) >= 11 is 3.40. The second kappa shape index (κ2) is 12.0. The zero-order valence-electron chi connectivity index (χ0n) is 21.4. The SMILES string of the molecule is Cc1ccc(C)c(N(CC(=O)N(Cc2ccc(Br)cc2)[C@H](C)C(=O)NC(C)C)S(=O)(=O)N(C)C)c1. The molecule has 0 saturated heterocycles. The van der Waals surface area contributed by atoms with Gasteiger partial charge in [0.15, 0.2) is 0 Å². The summed E-state index contributed by atoms with van der Waals surface area (Å²) < 4.78 is 29.7. The minimum Gasteiger partial charge on any atom is -0.352 e. The molecule has 0 fully saturated rings. The van der Waals surface area contributed by atoms with Gasteiger partial charge in [-0.3, -0.25) is 9.59 Å². The van der Waals surface area contributed by atoms with E-state index in [-0.39, 0.29) is 18.5 Å². The van der Waals surface area contributed by atoms with Crippen LogP contribution in [0.15, 0.2) is 46.9 Å². The predicted molar refractivity (Wildman–Crippen MR) is 143 cm³/mol. The van der Waals surface area contributed by atoms with Gasteiger partial charge in [-0.05, 0) is 69.5 Å². The summed E-state index contributed by atoms with van der Waals surface area (Å²) in [5, 5.41) is 2.84. The number of carbonyl (C=O) groups excluding carboxylic acids is 2. The van der Waals surface area contributed by atoms with Crippen LogP contribution < -0.4 is 9.62 Å². The van der Waals surface area contributed by atoms with E-state index in [2.05, 4.69) is 21.2 Å². The lowest BCUT2D eigenvalue weighted by Crippen LogP contribution is -2.53. The Morgan fingerprint density at radius 2 is 1.60 bits per heavy atom. The summed E-state index contributed by atoms with van der Waals surface area (Å²) in [5.41, 5.74) is 2.83. The van der Waals surface area contributed by atoms with Crippen LogP contribution in [0.3, 0.4) is 0 Å². The Bertz CT molecular complexity index is 1150. The molecular weight excluding hydrogens is 532 g/mol. The zero-order chi connectivity index (χ0) is 26.5. The quantitative estimate of drug-likeness (QED) is 0.475. The highest BCUT2D eigenvalue weighted by Gasteiger charge is 2.33. The van der Waals surface area contributed by atoms with Gasteiger partial charge in [0.25, 0.3) is 0 Å². The van der Waals surface area contributed by atoms with Crippen LogP contribution in [-0.2, 0) is 26.3 Å². The number of nitrogens with zero attached hydrogens (tertiary/aromatic N) is 3. The second-order valence-corrected chi connectivity index (χ2v) is 12.1. The minimum atomic E-state index is -3.99. The van der Waals surface area contributed by atoms with Crippen LogP contribution in [0.2, 0.25) is 0 Å². The van der Waals surface area contributed by atoms with Gasteiger partial charge in [0.05, 0.1) is 5.69 Å². The van der Waals surface area contributed by atoms with Gasteiger partial charge in [0, 0.05) is 31.2 Å². The maximum absolute atomic E-state index is 13.7. The minimum absolute atomic E-state index is 0.102. The summed E-state index contributed by atoms with van der Waals surface area (Å²) in [6.07, 6.45) is 0. The Morgan fingerprint density at radius 3 is 2.14 bits per heavy atom. The molecular formula is C25H35BrN4O4S. The van der Waals surface area contributed by atoms with Crippen LogP contribution in [0.25, 0.3) is 0 Å². The lowest BCUT2D eigenvalue weighted by Gasteiger charge is -2.33. The number of carbonyl (C=O) groups is 2. The zero-order valence-corrected chi connectivity index (χ0v) is 23.8. The molecule has 192 valence electrons. The average molecular weight is 568 g/mol. The van der Waals surface area contributed by atoms with Gasteiger partial charge < -0.3 is 10.2 Å². The van der Waals surface area contributed by atoms with Crippen molar-refractivity contribution in [1.29, 1.82) is 0 Å². The van der Waals surface area contributed by atoms with E-state index in [9.17, 15) is 18.0 Å². The first-order valence-electron chi connectivity index (χ1n) is 11.4. The lowest BCUT2D eigenvalue weighted by molar-refractivity contribution is -0.139. The van der Waals surface area contributed by atoms with Crippen molar-refractivity contribution in [2.24, 2.45) is 0 Å². The highest BCUT2D eigenvalue weighted by Crippen LogP contribution is 2.26. The highest BCUT2D eigenvalue weighted by molar-refractivity contribution is 9.10. The van der Waals surface area contributed by atoms with Gasteiger partial charge in [-0.1, -0.05) is 40.2 Å². The van der Waals surface area contributed by atoms with E-state index in [4.69, 9.17) is 0 Å². The fourth-order valence-electron chi connectivity index (χ4n) is 3.46. The van der Waals surface area contributed by atoms with Gasteiger partial charge in [-0.25, -0.2) is 4.31 Å². The first-order valence-corrected chi connectivity index (χ1v) is 13.5. The van der Waals surface area contributed by atoms with Gasteiger partial charge in [-0.15, -0.1) is 0 Å². The second-order valence-electron chi connectivity index (χ2n) is 9.07. The predicted octanol–water partition coefficient (Wildman–Crippen LogP) is 3.62. The van der Waals surface area contributed by atoms with Gasteiger partial charge in [-0.2, -0.15) is 12.7 Å². The molecule has 0 radical (unpaired) electrons. The van der Waals surface area contributed by atoms with Crippen LogP contribution in [0, 0.1) is 13.8 Å². The molecule has 0 heterocycles. The lowest BCUT2D eigenvalue weighted by atomic mass is 10.1. The van der Waals surface area contributed by atoms with Crippen molar-refractivity contribution in [1.82, 2.24) is 14.5 Å². The number of halogens is 1. The van der Waals surface area contributed by atoms with Crippen LogP contribution in [0.1, 0.15) is 37.5 Å². The monoisotopic (exact) mass is 566 g/mol. The molecule has 0 aliphatic rings. The van der Waals surface area contributed by atoms with E-state index in [0.29, 0.717) is 5.69 Å². The largest absolute Gasteiger partial charge is 0.352 e. The number of hydrogen-bond donors (Lipinski definition) is 1. The van der Waals surface area contributed by atoms with Crippen molar-refractivity contribution in [3.05, 3.63) is 63.6 Å². The third-order valence-corrected chi connectivity index (χ3v) is 7.85. The number of benzene rings is 2.